The largest absolute Gasteiger partial charge is 0.444 e. The molecule has 1 unspecified atom stereocenters. The third kappa shape index (κ3) is 2.68. The summed E-state index contributed by atoms with van der Waals surface area (Å²) in [5, 5.41) is 0. The smallest absolute Gasteiger partial charge is 0.410 e. The summed E-state index contributed by atoms with van der Waals surface area (Å²) in [6, 6.07) is 0.218. The highest BCUT2D eigenvalue weighted by molar-refractivity contribution is 5.84. The van der Waals surface area contributed by atoms with E-state index < -0.39 is 5.60 Å². The van der Waals surface area contributed by atoms with Gasteiger partial charge in [-0.05, 0) is 45.3 Å². The molecular formula is C13H20N2O2. The van der Waals surface area contributed by atoms with E-state index in [0.29, 0.717) is 6.54 Å². The minimum Gasteiger partial charge on any atom is -0.444 e. The molecule has 94 valence electrons. The van der Waals surface area contributed by atoms with Crippen LogP contribution in [0.3, 0.4) is 0 Å². The molecule has 0 aliphatic carbocycles. The van der Waals surface area contributed by atoms with Crippen LogP contribution in [-0.4, -0.2) is 41.9 Å². The lowest BCUT2D eigenvalue weighted by Crippen LogP contribution is -2.41. The summed E-state index contributed by atoms with van der Waals surface area (Å²) in [5.74, 6) is 0. The van der Waals surface area contributed by atoms with E-state index in [0.717, 1.165) is 13.0 Å². The molecule has 0 aromatic heterocycles. The van der Waals surface area contributed by atoms with Crippen LogP contribution in [0.2, 0.25) is 0 Å². The zero-order valence-corrected chi connectivity index (χ0v) is 11.0. The highest BCUT2D eigenvalue weighted by atomic mass is 16.6. The summed E-state index contributed by atoms with van der Waals surface area (Å²) >= 11 is 0. The van der Waals surface area contributed by atoms with Gasteiger partial charge in [0, 0.05) is 19.3 Å². The van der Waals surface area contributed by atoms with Crippen molar-refractivity contribution in [1.82, 2.24) is 4.90 Å². The van der Waals surface area contributed by atoms with Crippen molar-refractivity contribution >= 4 is 12.3 Å². The molecule has 2 rings (SSSR count). The van der Waals surface area contributed by atoms with E-state index in [1.165, 1.54) is 11.1 Å². The van der Waals surface area contributed by atoms with Gasteiger partial charge >= 0.3 is 6.09 Å². The standard InChI is InChI=1S/C13H20N2O2/c1-9-11-8-15(6-5-10(11)7-14-9)12(16)17-13(2,3)4/h7,9H,5-6,8H2,1-4H3. The Hall–Kier alpha value is -1.32. The summed E-state index contributed by atoms with van der Waals surface area (Å²) in [6.07, 6.45) is 2.62. The van der Waals surface area contributed by atoms with Crippen LogP contribution >= 0.6 is 0 Å². The number of nitrogens with zero attached hydrogens (tertiary/aromatic N) is 2. The molecule has 0 aromatic rings. The lowest BCUT2D eigenvalue weighted by Gasteiger charge is -2.31. The average Bonchev–Trinajstić information content (AvgIpc) is 2.57. The van der Waals surface area contributed by atoms with Gasteiger partial charge in [0.05, 0.1) is 6.04 Å². The van der Waals surface area contributed by atoms with Crippen LogP contribution in [0.5, 0.6) is 0 Å². The van der Waals surface area contributed by atoms with Crippen LogP contribution < -0.4 is 0 Å². The maximum atomic E-state index is 11.9. The number of carbonyl (C=O) groups is 1. The molecule has 4 heteroatoms. The summed E-state index contributed by atoms with van der Waals surface area (Å²) in [6.45, 7) is 9.12. The number of hydrogen-bond donors (Lipinski definition) is 0. The fourth-order valence-corrected chi connectivity index (χ4v) is 2.12. The summed E-state index contributed by atoms with van der Waals surface area (Å²) in [5.41, 5.74) is 2.14. The van der Waals surface area contributed by atoms with Crippen molar-refractivity contribution in [2.45, 2.75) is 45.8 Å². The molecule has 0 radical (unpaired) electrons. The molecule has 0 aromatic carbocycles. The van der Waals surface area contributed by atoms with Gasteiger partial charge in [0.15, 0.2) is 0 Å². The molecule has 0 N–H and O–H groups in total. The van der Waals surface area contributed by atoms with E-state index in [4.69, 9.17) is 4.74 Å². The molecular weight excluding hydrogens is 216 g/mol. The molecule has 2 heterocycles. The Balaban J connectivity index is 2.01. The number of aliphatic imine (C=N–C) groups is 1. The zero-order valence-electron chi connectivity index (χ0n) is 11.0. The number of amides is 1. The minimum absolute atomic E-state index is 0.218. The predicted molar refractivity (Wildman–Crippen MR) is 67.4 cm³/mol. The van der Waals surface area contributed by atoms with E-state index in [1.54, 1.807) is 4.90 Å². The van der Waals surface area contributed by atoms with Gasteiger partial charge in [-0.15, -0.1) is 0 Å². The normalized spacial score (nSPS) is 24.0. The Morgan fingerprint density at radius 3 is 2.88 bits per heavy atom. The van der Waals surface area contributed by atoms with Gasteiger partial charge in [-0.1, -0.05) is 0 Å². The van der Waals surface area contributed by atoms with Crippen LogP contribution in [0.15, 0.2) is 16.1 Å². The topological polar surface area (TPSA) is 41.9 Å². The zero-order chi connectivity index (χ0) is 12.6. The Morgan fingerprint density at radius 2 is 2.24 bits per heavy atom. The molecule has 0 bridgehead atoms. The molecule has 17 heavy (non-hydrogen) atoms. The molecule has 2 aliphatic heterocycles. The first-order valence-electron chi connectivity index (χ1n) is 6.10. The van der Waals surface area contributed by atoms with E-state index >= 15 is 0 Å². The molecule has 0 spiro atoms. The Morgan fingerprint density at radius 1 is 1.53 bits per heavy atom. The maximum absolute atomic E-state index is 11.9. The Bertz CT molecular complexity index is 391. The molecule has 4 nitrogen and oxygen atoms in total. The van der Waals surface area contributed by atoms with Crippen LogP contribution in [0.1, 0.15) is 34.1 Å². The first-order valence-corrected chi connectivity index (χ1v) is 6.10. The fraction of sp³-hybridized carbons (Fsp3) is 0.692. The van der Waals surface area contributed by atoms with E-state index in [2.05, 4.69) is 11.9 Å². The summed E-state index contributed by atoms with van der Waals surface area (Å²) < 4.78 is 5.38. The van der Waals surface area contributed by atoms with Gasteiger partial charge in [0.1, 0.15) is 5.60 Å². The first-order chi connectivity index (χ1) is 7.87. The van der Waals surface area contributed by atoms with Crippen molar-refractivity contribution in [2.24, 2.45) is 4.99 Å². The van der Waals surface area contributed by atoms with E-state index in [9.17, 15) is 4.79 Å². The predicted octanol–water partition coefficient (Wildman–Crippen LogP) is 2.40. The van der Waals surface area contributed by atoms with Crippen molar-refractivity contribution in [3.63, 3.8) is 0 Å². The lowest BCUT2D eigenvalue weighted by molar-refractivity contribution is 0.0260. The van der Waals surface area contributed by atoms with Crippen molar-refractivity contribution in [2.75, 3.05) is 13.1 Å². The third-order valence-corrected chi connectivity index (χ3v) is 3.03. The second-order valence-corrected chi connectivity index (χ2v) is 5.66. The third-order valence-electron chi connectivity index (χ3n) is 3.03. The van der Waals surface area contributed by atoms with Crippen molar-refractivity contribution in [3.05, 3.63) is 11.1 Å². The number of rotatable bonds is 0. The molecule has 0 fully saturated rings. The molecule has 0 saturated heterocycles. The fourth-order valence-electron chi connectivity index (χ4n) is 2.12. The van der Waals surface area contributed by atoms with Gasteiger partial charge in [-0.2, -0.15) is 0 Å². The number of hydrogen-bond acceptors (Lipinski definition) is 3. The first kappa shape index (κ1) is 12.1. The van der Waals surface area contributed by atoms with Crippen LogP contribution in [0.4, 0.5) is 4.79 Å². The maximum Gasteiger partial charge on any atom is 0.410 e. The van der Waals surface area contributed by atoms with E-state index in [1.807, 2.05) is 27.0 Å². The monoisotopic (exact) mass is 236 g/mol. The highest BCUT2D eigenvalue weighted by Crippen LogP contribution is 2.26. The highest BCUT2D eigenvalue weighted by Gasteiger charge is 2.29. The van der Waals surface area contributed by atoms with Crippen LogP contribution in [-0.2, 0) is 4.74 Å². The molecule has 1 atom stereocenters. The van der Waals surface area contributed by atoms with Gasteiger partial charge in [-0.3, -0.25) is 4.99 Å². The number of carbonyl (C=O) groups excluding carboxylic acids is 1. The number of ether oxygens (including phenoxy) is 1. The molecule has 2 aliphatic rings. The SMILES string of the molecule is CC1N=CC2=C1CN(C(=O)OC(C)(C)C)CC2. The van der Waals surface area contributed by atoms with Gasteiger partial charge < -0.3 is 9.64 Å². The lowest BCUT2D eigenvalue weighted by atomic mass is 9.99. The molecule has 1 amide bonds. The van der Waals surface area contributed by atoms with Crippen molar-refractivity contribution < 1.29 is 9.53 Å². The summed E-state index contributed by atoms with van der Waals surface area (Å²) in [4.78, 5) is 18.1. The van der Waals surface area contributed by atoms with Crippen LogP contribution in [0, 0.1) is 0 Å². The van der Waals surface area contributed by atoms with Crippen LogP contribution in [0.25, 0.3) is 0 Å². The quantitative estimate of drug-likeness (QED) is 0.648. The van der Waals surface area contributed by atoms with Crippen molar-refractivity contribution in [1.29, 1.82) is 0 Å². The van der Waals surface area contributed by atoms with Gasteiger partial charge in [0.2, 0.25) is 0 Å². The van der Waals surface area contributed by atoms with E-state index in [-0.39, 0.29) is 12.1 Å². The average molecular weight is 236 g/mol. The van der Waals surface area contributed by atoms with Gasteiger partial charge in [0.25, 0.3) is 0 Å². The Kier molecular flexibility index (Phi) is 2.98. The minimum atomic E-state index is -0.427. The second-order valence-electron chi connectivity index (χ2n) is 5.66. The van der Waals surface area contributed by atoms with Crippen molar-refractivity contribution in [3.8, 4) is 0 Å². The van der Waals surface area contributed by atoms with Gasteiger partial charge in [-0.25, -0.2) is 4.79 Å². The Labute approximate surface area is 102 Å². The second kappa shape index (κ2) is 4.17. The summed E-state index contributed by atoms with van der Waals surface area (Å²) in [7, 11) is 0. The molecule has 0 saturated carbocycles.